The van der Waals surface area contributed by atoms with Gasteiger partial charge in [-0.15, -0.1) is 0 Å². The first-order chi connectivity index (χ1) is 10.0. The standard InChI is InChI=1S/C16H13BrClN3/c1-10-2-5-12(6-3-10)21-9-15(19)16(20-21)13-7-4-11(17)8-14(13)18/h2-9H,19H2,1H3. The van der Waals surface area contributed by atoms with Crippen LogP contribution >= 0.6 is 27.5 Å². The van der Waals surface area contributed by atoms with E-state index in [0.717, 1.165) is 15.7 Å². The molecule has 106 valence electrons. The minimum absolute atomic E-state index is 0.597. The Morgan fingerprint density at radius 2 is 1.86 bits per heavy atom. The summed E-state index contributed by atoms with van der Waals surface area (Å²) in [6.45, 7) is 2.05. The van der Waals surface area contributed by atoms with Crippen LogP contribution in [0.1, 0.15) is 5.56 Å². The highest BCUT2D eigenvalue weighted by Crippen LogP contribution is 2.33. The molecule has 3 rings (SSSR count). The number of rotatable bonds is 2. The Kier molecular flexibility index (Phi) is 3.74. The maximum Gasteiger partial charge on any atom is 0.117 e. The molecule has 0 amide bonds. The van der Waals surface area contributed by atoms with Gasteiger partial charge in [-0.2, -0.15) is 5.10 Å². The summed E-state index contributed by atoms with van der Waals surface area (Å²) in [6.07, 6.45) is 1.80. The molecule has 0 bridgehead atoms. The molecule has 0 saturated heterocycles. The van der Waals surface area contributed by atoms with Crippen LogP contribution in [0.4, 0.5) is 5.69 Å². The van der Waals surface area contributed by atoms with E-state index >= 15 is 0 Å². The molecule has 5 heteroatoms. The Balaban J connectivity index is 2.07. The van der Waals surface area contributed by atoms with E-state index in [1.807, 2.05) is 49.4 Å². The van der Waals surface area contributed by atoms with E-state index in [0.29, 0.717) is 16.4 Å². The number of hydrogen-bond donors (Lipinski definition) is 1. The van der Waals surface area contributed by atoms with Gasteiger partial charge in [0.05, 0.1) is 22.6 Å². The first-order valence-electron chi connectivity index (χ1n) is 6.42. The smallest absolute Gasteiger partial charge is 0.117 e. The van der Waals surface area contributed by atoms with E-state index in [9.17, 15) is 0 Å². The van der Waals surface area contributed by atoms with Crippen molar-refractivity contribution in [2.75, 3.05) is 5.73 Å². The number of aromatic nitrogens is 2. The molecule has 3 nitrogen and oxygen atoms in total. The molecule has 2 N–H and O–H groups in total. The van der Waals surface area contributed by atoms with Gasteiger partial charge in [0.25, 0.3) is 0 Å². The maximum absolute atomic E-state index is 6.28. The van der Waals surface area contributed by atoms with Gasteiger partial charge in [-0.05, 0) is 31.2 Å². The van der Waals surface area contributed by atoms with Gasteiger partial charge in [0.15, 0.2) is 0 Å². The summed E-state index contributed by atoms with van der Waals surface area (Å²) in [5.74, 6) is 0. The first-order valence-corrected chi connectivity index (χ1v) is 7.59. The van der Waals surface area contributed by atoms with Crippen LogP contribution in [0.5, 0.6) is 0 Å². The maximum atomic E-state index is 6.28. The lowest BCUT2D eigenvalue weighted by atomic mass is 10.1. The largest absolute Gasteiger partial charge is 0.396 e. The van der Waals surface area contributed by atoms with Crippen LogP contribution < -0.4 is 5.73 Å². The van der Waals surface area contributed by atoms with Crippen LogP contribution in [0.2, 0.25) is 5.02 Å². The van der Waals surface area contributed by atoms with Crippen molar-refractivity contribution in [3.8, 4) is 16.9 Å². The molecule has 0 fully saturated rings. The highest BCUT2D eigenvalue weighted by Gasteiger charge is 2.13. The average Bonchev–Trinajstić information content (AvgIpc) is 2.81. The minimum Gasteiger partial charge on any atom is -0.396 e. The first kappa shape index (κ1) is 14.2. The number of nitrogens with zero attached hydrogens (tertiary/aromatic N) is 2. The number of halogens is 2. The third kappa shape index (κ3) is 2.82. The predicted octanol–water partition coefficient (Wildman–Crippen LogP) is 4.85. The minimum atomic E-state index is 0.597. The van der Waals surface area contributed by atoms with Gasteiger partial charge in [-0.1, -0.05) is 51.3 Å². The fraction of sp³-hybridized carbons (Fsp3) is 0.0625. The molecule has 0 aliphatic heterocycles. The zero-order valence-corrected chi connectivity index (χ0v) is 13.7. The molecule has 0 atom stereocenters. The summed E-state index contributed by atoms with van der Waals surface area (Å²) in [5.41, 5.74) is 10.4. The summed E-state index contributed by atoms with van der Waals surface area (Å²) in [6, 6.07) is 13.8. The van der Waals surface area contributed by atoms with Gasteiger partial charge in [0.1, 0.15) is 5.69 Å². The lowest BCUT2D eigenvalue weighted by Crippen LogP contribution is -1.94. The Bertz CT molecular complexity index is 794. The molecule has 3 aromatic rings. The Labute approximate surface area is 136 Å². The second kappa shape index (κ2) is 5.54. The summed E-state index contributed by atoms with van der Waals surface area (Å²) >= 11 is 9.67. The van der Waals surface area contributed by atoms with Gasteiger partial charge in [0.2, 0.25) is 0 Å². The number of benzene rings is 2. The molecule has 0 unspecified atom stereocenters. The van der Waals surface area contributed by atoms with Crippen LogP contribution in [0.15, 0.2) is 53.1 Å². The number of anilines is 1. The van der Waals surface area contributed by atoms with Crippen molar-refractivity contribution in [1.82, 2.24) is 9.78 Å². The van der Waals surface area contributed by atoms with Crippen molar-refractivity contribution < 1.29 is 0 Å². The third-order valence-corrected chi connectivity index (χ3v) is 4.03. The highest BCUT2D eigenvalue weighted by atomic mass is 79.9. The predicted molar refractivity (Wildman–Crippen MR) is 90.9 cm³/mol. The van der Waals surface area contributed by atoms with Crippen molar-refractivity contribution in [2.45, 2.75) is 6.92 Å². The van der Waals surface area contributed by atoms with Gasteiger partial charge < -0.3 is 5.73 Å². The molecule has 0 saturated carbocycles. The normalized spacial score (nSPS) is 10.8. The van der Waals surface area contributed by atoms with E-state index in [2.05, 4.69) is 21.0 Å². The van der Waals surface area contributed by atoms with Crippen molar-refractivity contribution in [1.29, 1.82) is 0 Å². The zero-order chi connectivity index (χ0) is 15.0. The molecular formula is C16H13BrClN3. The fourth-order valence-corrected chi connectivity index (χ4v) is 2.87. The van der Waals surface area contributed by atoms with Crippen LogP contribution in [-0.4, -0.2) is 9.78 Å². The molecule has 0 radical (unpaired) electrons. The summed E-state index contributed by atoms with van der Waals surface area (Å²) in [7, 11) is 0. The van der Waals surface area contributed by atoms with Crippen LogP contribution in [0, 0.1) is 6.92 Å². The molecular weight excluding hydrogens is 350 g/mol. The molecule has 0 aliphatic carbocycles. The monoisotopic (exact) mass is 361 g/mol. The van der Waals surface area contributed by atoms with Crippen molar-refractivity contribution in [2.24, 2.45) is 0 Å². The third-order valence-electron chi connectivity index (χ3n) is 3.23. The quantitative estimate of drug-likeness (QED) is 0.708. The zero-order valence-electron chi connectivity index (χ0n) is 11.3. The van der Waals surface area contributed by atoms with Crippen molar-refractivity contribution in [3.63, 3.8) is 0 Å². The van der Waals surface area contributed by atoms with Gasteiger partial charge >= 0.3 is 0 Å². The topological polar surface area (TPSA) is 43.8 Å². The Hall–Kier alpha value is -1.78. The summed E-state index contributed by atoms with van der Waals surface area (Å²) in [5, 5.41) is 5.18. The van der Waals surface area contributed by atoms with Crippen LogP contribution in [0.25, 0.3) is 16.9 Å². The SMILES string of the molecule is Cc1ccc(-n2cc(N)c(-c3ccc(Br)cc3Cl)n2)cc1. The van der Waals surface area contributed by atoms with Gasteiger partial charge in [0, 0.05) is 10.0 Å². The van der Waals surface area contributed by atoms with Gasteiger partial charge in [-0.25, -0.2) is 4.68 Å². The molecule has 0 spiro atoms. The van der Waals surface area contributed by atoms with Crippen LogP contribution in [0.3, 0.4) is 0 Å². The second-order valence-corrected chi connectivity index (χ2v) is 6.16. The molecule has 2 aromatic carbocycles. The highest BCUT2D eigenvalue weighted by molar-refractivity contribution is 9.10. The fourth-order valence-electron chi connectivity index (χ4n) is 2.11. The van der Waals surface area contributed by atoms with Crippen LogP contribution in [-0.2, 0) is 0 Å². The van der Waals surface area contributed by atoms with E-state index in [1.165, 1.54) is 5.56 Å². The Morgan fingerprint density at radius 1 is 1.14 bits per heavy atom. The second-order valence-electron chi connectivity index (χ2n) is 4.84. The number of hydrogen-bond acceptors (Lipinski definition) is 2. The number of nitrogens with two attached hydrogens (primary N) is 1. The van der Waals surface area contributed by atoms with Gasteiger partial charge in [-0.3, -0.25) is 0 Å². The van der Waals surface area contributed by atoms with Crippen molar-refractivity contribution >= 4 is 33.2 Å². The number of aryl methyl sites for hydroxylation is 1. The molecule has 1 aromatic heterocycles. The Morgan fingerprint density at radius 3 is 2.52 bits per heavy atom. The summed E-state index contributed by atoms with van der Waals surface area (Å²) in [4.78, 5) is 0. The van der Waals surface area contributed by atoms with E-state index in [1.54, 1.807) is 10.9 Å². The van der Waals surface area contributed by atoms with E-state index in [4.69, 9.17) is 17.3 Å². The van der Waals surface area contributed by atoms with E-state index in [-0.39, 0.29) is 0 Å². The number of nitrogen functional groups attached to an aromatic ring is 1. The molecule has 21 heavy (non-hydrogen) atoms. The average molecular weight is 363 g/mol. The molecule has 0 aliphatic rings. The van der Waals surface area contributed by atoms with E-state index < -0.39 is 0 Å². The lowest BCUT2D eigenvalue weighted by Gasteiger charge is -2.03. The van der Waals surface area contributed by atoms with Crippen molar-refractivity contribution in [3.05, 3.63) is 63.7 Å². The summed E-state index contributed by atoms with van der Waals surface area (Å²) < 4.78 is 2.69. The lowest BCUT2D eigenvalue weighted by molar-refractivity contribution is 0.884. The molecule has 1 heterocycles.